The van der Waals surface area contributed by atoms with Crippen molar-refractivity contribution in [1.82, 2.24) is 5.32 Å². The molecule has 0 aromatic rings. The molecule has 0 fully saturated rings. The van der Waals surface area contributed by atoms with Crippen LogP contribution in [0, 0.1) is 0 Å². The third kappa shape index (κ3) is 9.65. The number of carbonyl (C=O) groups excluding carboxylic acids is 1. The van der Waals surface area contributed by atoms with Gasteiger partial charge in [-0.15, -0.1) is 0 Å². The molecule has 0 aromatic carbocycles. The van der Waals surface area contributed by atoms with Crippen molar-refractivity contribution in [2.24, 2.45) is 5.73 Å². The summed E-state index contributed by atoms with van der Waals surface area (Å²) in [5.41, 5.74) is 5.01. The predicted molar refractivity (Wildman–Crippen MR) is 58.3 cm³/mol. The fourth-order valence-corrected chi connectivity index (χ4v) is 1.15. The Morgan fingerprint density at radius 2 is 1.93 bits per heavy atom. The van der Waals surface area contributed by atoms with E-state index >= 15 is 0 Å². The Labute approximate surface area is 91.3 Å². The first-order valence-electron chi connectivity index (χ1n) is 5.42. The quantitative estimate of drug-likeness (QED) is 0.407. The third-order valence-corrected chi connectivity index (χ3v) is 1.79. The molecular formula is C10H22N2O3. The van der Waals surface area contributed by atoms with Gasteiger partial charge < -0.3 is 20.5 Å². The molecule has 15 heavy (non-hydrogen) atoms. The van der Waals surface area contributed by atoms with E-state index < -0.39 is 0 Å². The van der Waals surface area contributed by atoms with E-state index in [9.17, 15) is 4.79 Å². The van der Waals surface area contributed by atoms with Crippen LogP contribution in [0.1, 0.15) is 26.7 Å². The molecule has 3 N–H and O–H groups in total. The molecule has 0 aromatic heterocycles. The van der Waals surface area contributed by atoms with E-state index in [0.717, 1.165) is 13.0 Å². The second-order valence-corrected chi connectivity index (χ2v) is 3.11. The van der Waals surface area contributed by atoms with Crippen LogP contribution >= 0.6 is 0 Å². The zero-order chi connectivity index (χ0) is 11.5. The Morgan fingerprint density at radius 1 is 1.33 bits per heavy atom. The number of hydrogen-bond acceptors (Lipinski definition) is 4. The highest BCUT2D eigenvalue weighted by Crippen LogP contribution is 1.93. The van der Waals surface area contributed by atoms with E-state index in [4.69, 9.17) is 15.2 Å². The van der Waals surface area contributed by atoms with Crippen molar-refractivity contribution in [2.75, 3.05) is 26.3 Å². The summed E-state index contributed by atoms with van der Waals surface area (Å²) in [4.78, 5) is 10.4. The van der Waals surface area contributed by atoms with Gasteiger partial charge in [0.1, 0.15) is 0 Å². The van der Waals surface area contributed by atoms with Gasteiger partial charge >= 0.3 is 0 Å². The summed E-state index contributed by atoms with van der Waals surface area (Å²) < 4.78 is 10.7. The Hall–Kier alpha value is -0.650. The molecule has 0 aliphatic heterocycles. The van der Waals surface area contributed by atoms with Crippen LogP contribution in [0.2, 0.25) is 0 Å². The molecule has 90 valence electrons. The molecule has 0 radical (unpaired) electrons. The lowest BCUT2D eigenvalue weighted by Crippen LogP contribution is -2.32. The SMILES string of the molecule is CCOC(CNCCCC(N)=O)OCC. The Balaban J connectivity index is 3.39. The van der Waals surface area contributed by atoms with Gasteiger partial charge in [0.25, 0.3) is 0 Å². The van der Waals surface area contributed by atoms with Gasteiger partial charge in [-0.3, -0.25) is 4.79 Å². The van der Waals surface area contributed by atoms with Crippen LogP contribution < -0.4 is 11.1 Å². The van der Waals surface area contributed by atoms with Gasteiger partial charge in [-0.25, -0.2) is 0 Å². The first kappa shape index (κ1) is 14.3. The van der Waals surface area contributed by atoms with E-state index in [2.05, 4.69) is 5.32 Å². The molecule has 0 rings (SSSR count). The first-order valence-corrected chi connectivity index (χ1v) is 5.42. The molecular weight excluding hydrogens is 196 g/mol. The van der Waals surface area contributed by atoms with Crippen molar-refractivity contribution < 1.29 is 14.3 Å². The van der Waals surface area contributed by atoms with Crippen LogP contribution in [0.25, 0.3) is 0 Å². The van der Waals surface area contributed by atoms with E-state index in [1.165, 1.54) is 0 Å². The van der Waals surface area contributed by atoms with Gasteiger partial charge in [-0.05, 0) is 26.8 Å². The smallest absolute Gasteiger partial charge is 0.217 e. The first-order chi connectivity index (χ1) is 7.20. The van der Waals surface area contributed by atoms with Crippen LogP contribution in [0.4, 0.5) is 0 Å². The second-order valence-electron chi connectivity index (χ2n) is 3.11. The van der Waals surface area contributed by atoms with E-state index in [0.29, 0.717) is 26.2 Å². The summed E-state index contributed by atoms with van der Waals surface area (Å²) in [5.74, 6) is -0.261. The highest BCUT2D eigenvalue weighted by Gasteiger charge is 2.06. The van der Waals surface area contributed by atoms with Crippen LogP contribution in [0.15, 0.2) is 0 Å². The maximum Gasteiger partial charge on any atom is 0.217 e. The summed E-state index contributed by atoms with van der Waals surface area (Å²) in [7, 11) is 0. The second kappa shape index (κ2) is 9.89. The van der Waals surface area contributed by atoms with E-state index in [-0.39, 0.29) is 12.2 Å². The Morgan fingerprint density at radius 3 is 2.40 bits per heavy atom. The molecule has 0 atom stereocenters. The molecule has 0 aliphatic carbocycles. The molecule has 0 heterocycles. The molecule has 0 bridgehead atoms. The van der Waals surface area contributed by atoms with Crippen LogP contribution in [0.3, 0.4) is 0 Å². The van der Waals surface area contributed by atoms with E-state index in [1.54, 1.807) is 0 Å². The summed E-state index contributed by atoms with van der Waals surface area (Å²) in [6.45, 7) is 6.51. The van der Waals surface area contributed by atoms with Crippen LogP contribution in [0.5, 0.6) is 0 Å². The average molecular weight is 218 g/mol. The normalized spacial score (nSPS) is 10.9. The lowest BCUT2D eigenvalue weighted by atomic mass is 10.3. The number of amides is 1. The summed E-state index contributed by atoms with van der Waals surface area (Å²) >= 11 is 0. The summed E-state index contributed by atoms with van der Waals surface area (Å²) in [6.07, 6.45) is 0.968. The van der Waals surface area contributed by atoms with Crippen molar-refractivity contribution in [1.29, 1.82) is 0 Å². The topological polar surface area (TPSA) is 73.6 Å². The van der Waals surface area contributed by atoms with Gasteiger partial charge in [0.15, 0.2) is 6.29 Å². The molecule has 1 amide bonds. The monoisotopic (exact) mass is 218 g/mol. The van der Waals surface area contributed by atoms with Crippen molar-refractivity contribution >= 4 is 5.91 Å². The Kier molecular flexibility index (Phi) is 9.46. The molecule has 0 unspecified atom stereocenters. The molecule has 0 saturated carbocycles. The summed E-state index contributed by atoms with van der Waals surface area (Å²) in [6, 6.07) is 0. The standard InChI is InChI=1S/C10H22N2O3/c1-3-14-10(15-4-2)8-12-7-5-6-9(11)13/h10,12H,3-8H2,1-2H3,(H2,11,13). The minimum absolute atomic E-state index is 0.200. The molecule has 0 aliphatic rings. The van der Waals surface area contributed by atoms with Gasteiger partial charge in [0, 0.05) is 26.2 Å². The summed E-state index contributed by atoms with van der Waals surface area (Å²) in [5, 5.41) is 3.15. The van der Waals surface area contributed by atoms with Gasteiger partial charge in [0.05, 0.1) is 0 Å². The zero-order valence-corrected chi connectivity index (χ0v) is 9.62. The Bertz CT molecular complexity index is 159. The highest BCUT2D eigenvalue weighted by molar-refractivity contribution is 5.73. The predicted octanol–water partition coefficient (Wildman–Crippen LogP) is 0.241. The lowest BCUT2D eigenvalue weighted by Gasteiger charge is -2.17. The fraction of sp³-hybridized carbons (Fsp3) is 0.900. The number of nitrogens with two attached hydrogens (primary N) is 1. The number of primary amides is 1. The maximum absolute atomic E-state index is 10.4. The lowest BCUT2D eigenvalue weighted by molar-refractivity contribution is -0.132. The fourth-order valence-electron chi connectivity index (χ4n) is 1.15. The molecule has 5 heteroatoms. The number of ether oxygens (including phenoxy) is 2. The average Bonchev–Trinajstić information content (AvgIpc) is 2.17. The number of carbonyl (C=O) groups is 1. The van der Waals surface area contributed by atoms with Crippen LogP contribution in [-0.4, -0.2) is 38.5 Å². The van der Waals surface area contributed by atoms with Crippen LogP contribution in [-0.2, 0) is 14.3 Å². The molecule has 0 saturated heterocycles. The third-order valence-electron chi connectivity index (χ3n) is 1.79. The maximum atomic E-state index is 10.4. The highest BCUT2D eigenvalue weighted by atomic mass is 16.7. The van der Waals surface area contributed by atoms with Crippen molar-refractivity contribution in [2.45, 2.75) is 33.0 Å². The number of hydrogen-bond donors (Lipinski definition) is 2. The zero-order valence-electron chi connectivity index (χ0n) is 9.62. The van der Waals surface area contributed by atoms with Gasteiger partial charge in [0.2, 0.25) is 5.91 Å². The van der Waals surface area contributed by atoms with Crippen molar-refractivity contribution in [3.05, 3.63) is 0 Å². The van der Waals surface area contributed by atoms with Gasteiger partial charge in [-0.1, -0.05) is 0 Å². The minimum Gasteiger partial charge on any atom is -0.370 e. The number of nitrogens with one attached hydrogen (secondary N) is 1. The van der Waals surface area contributed by atoms with E-state index in [1.807, 2.05) is 13.8 Å². The van der Waals surface area contributed by atoms with Gasteiger partial charge in [-0.2, -0.15) is 0 Å². The largest absolute Gasteiger partial charge is 0.370 e. The van der Waals surface area contributed by atoms with Crippen molar-refractivity contribution in [3.63, 3.8) is 0 Å². The van der Waals surface area contributed by atoms with Crippen molar-refractivity contribution in [3.8, 4) is 0 Å². The molecule has 0 spiro atoms. The minimum atomic E-state index is -0.261. The molecule has 5 nitrogen and oxygen atoms in total. The number of rotatable bonds is 10.